The molecular formula is C21H24N4O3S. The monoisotopic (exact) mass is 412 g/mol. The highest BCUT2D eigenvalue weighted by Crippen LogP contribution is 2.20. The number of hydrogen-bond donors (Lipinski definition) is 1. The Balaban J connectivity index is 1.22. The van der Waals surface area contributed by atoms with E-state index in [-0.39, 0.29) is 17.7 Å². The van der Waals surface area contributed by atoms with Gasteiger partial charge in [-0.15, -0.1) is 11.3 Å². The van der Waals surface area contributed by atoms with Crippen molar-refractivity contribution in [2.24, 2.45) is 5.92 Å². The van der Waals surface area contributed by atoms with Gasteiger partial charge in [0.25, 0.3) is 5.91 Å². The minimum Gasteiger partial charge on any atom is -0.497 e. The minimum absolute atomic E-state index is 0.00580. The molecule has 1 aliphatic rings. The second-order valence-corrected chi connectivity index (χ2v) is 8.03. The quantitative estimate of drug-likeness (QED) is 0.675. The Hall–Kier alpha value is -2.87. The van der Waals surface area contributed by atoms with Crippen molar-refractivity contribution in [1.82, 2.24) is 19.6 Å². The number of imidazole rings is 1. The Kier molecular flexibility index (Phi) is 5.80. The van der Waals surface area contributed by atoms with E-state index in [4.69, 9.17) is 4.74 Å². The molecule has 0 bridgehead atoms. The van der Waals surface area contributed by atoms with Crippen molar-refractivity contribution in [2.75, 3.05) is 26.7 Å². The fourth-order valence-electron chi connectivity index (χ4n) is 3.62. The number of ether oxygens (including phenoxy) is 1. The molecule has 1 aromatic carbocycles. The molecule has 1 N–H and O–H groups in total. The summed E-state index contributed by atoms with van der Waals surface area (Å²) in [5.74, 6) is 0.765. The van der Waals surface area contributed by atoms with Crippen LogP contribution in [-0.2, 0) is 11.2 Å². The summed E-state index contributed by atoms with van der Waals surface area (Å²) in [6, 6.07) is 7.13. The standard InChI is InChI=1S/C21H24N4O3S/c1-28-18-4-2-16(3-5-18)20(27)24-10-7-15(8-11-24)19(26)22-9-6-17-14-25-12-13-29-21(25)23-17/h2-5,12-15H,6-11H2,1H3,(H,22,26). The van der Waals surface area contributed by atoms with Crippen LogP contribution in [0.3, 0.4) is 0 Å². The summed E-state index contributed by atoms with van der Waals surface area (Å²) in [6.45, 7) is 1.77. The van der Waals surface area contributed by atoms with E-state index < -0.39 is 0 Å². The van der Waals surface area contributed by atoms with Gasteiger partial charge in [0.05, 0.1) is 12.8 Å². The molecule has 7 nitrogen and oxygen atoms in total. The number of benzene rings is 1. The molecule has 1 aliphatic heterocycles. The number of nitrogens with one attached hydrogen (secondary N) is 1. The number of piperidine rings is 1. The Bertz CT molecular complexity index is 958. The molecule has 0 radical (unpaired) electrons. The molecule has 4 rings (SSSR count). The van der Waals surface area contributed by atoms with Crippen molar-refractivity contribution in [3.8, 4) is 5.75 Å². The average Bonchev–Trinajstić information content (AvgIpc) is 3.35. The lowest BCUT2D eigenvalue weighted by atomic mass is 9.95. The Morgan fingerprint density at radius 1 is 1.24 bits per heavy atom. The van der Waals surface area contributed by atoms with E-state index in [2.05, 4.69) is 10.3 Å². The fraction of sp³-hybridized carbons (Fsp3) is 0.381. The third-order valence-electron chi connectivity index (χ3n) is 5.31. The Labute approximate surface area is 173 Å². The van der Waals surface area contributed by atoms with E-state index in [1.165, 1.54) is 0 Å². The van der Waals surface area contributed by atoms with Gasteiger partial charge in [0.1, 0.15) is 5.75 Å². The van der Waals surface area contributed by atoms with Crippen LogP contribution in [0.5, 0.6) is 5.75 Å². The Morgan fingerprint density at radius 2 is 2.00 bits per heavy atom. The molecule has 1 fully saturated rings. The van der Waals surface area contributed by atoms with Gasteiger partial charge in [-0.05, 0) is 37.1 Å². The molecule has 8 heteroatoms. The van der Waals surface area contributed by atoms with Gasteiger partial charge in [0, 0.05) is 55.3 Å². The molecule has 2 amide bonds. The van der Waals surface area contributed by atoms with Crippen molar-refractivity contribution in [3.63, 3.8) is 0 Å². The minimum atomic E-state index is -0.0413. The van der Waals surface area contributed by atoms with E-state index in [9.17, 15) is 9.59 Å². The van der Waals surface area contributed by atoms with Gasteiger partial charge < -0.3 is 15.0 Å². The highest BCUT2D eigenvalue weighted by Gasteiger charge is 2.27. The summed E-state index contributed by atoms with van der Waals surface area (Å²) in [4.78, 5) is 32.4. The van der Waals surface area contributed by atoms with Crippen LogP contribution in [0.1, 0.15) is 28.9 Å². The van der Waals surface area contributed by atoms with Crippen molar-refractivity contribution in [3.05, 3.63) is 53.3 Å². The van der Waals surface area contributed by atoms with Crippen LogP contribution in [0.2, 0.25) is 0 Å². The number of nitrogens with zero attached hydrogens (tertiary/aromatic N) is 3. The zero-order valence-corrected chi connectivity index (χ0v) is 17.2. The van der Waals surface area contributed by atoms with E-state index in [0.717, 1.165) is 22.8 Å². The number of carbonyl (C=O) groups is 2. The summed E-state index contributed by atoms with van der Waals surface area (Å²) in [6.07, 6.45) is 6.08. The zero-order valence-electron chi connectivity index (χ0n) is 16.3. The Morgan fingerprint density at radius 3 is 2.69 bits per heavy atom. The molecule has 0 spiro atoms. The molecule has 0 atom stereocenters. The zero-order chi connectivity index (χ0) is 20.2. The van der Waals surface area contributed by atoms with E-state index in [0.29, 0.717) is 38.0 Å². The third-order valence-corrected chi connectivity index (χ3v) is 6.08. The van der Waals surface area contributed by atoms with Gasteiger partial charge in [-0.25, -0.2) is 4.98 Å². The molecular weight excluding hydrogens is 388 g/mol. The molecule has 0 unspecified atom stereocenters. The number of likely N-dealkylation sites (tertiary alicyclic amines) is 1. The number of fused-ring (bicyclic) bond motifs is 1. The predicted molar refractivity (Wildman–Crippen MR) is 111 cm³/mol. The summed E-state index contributed by atoms with van der Waals surface area (Å²) in [7, 11) is 1.60. The summed E-state index contributed by atoms with van der Waals surface area (Å²) < 4.78 is 7.13. The second kappa shape index (κ2) is 8.65. The molecule has 0 saturated carbocycles. The van der Waals surface area contributed by atoms with Crippen molar-refractivity contribution < 1.29 is 14.3 Å². The van der Waals surface area contributed by atoms with Crippen LogP contribution in [0.4, 0.5) is 0 Å². The maximum atomic E-state index is 12.6. The molecule has 2 aromatic heterocycles. The largest absolute Gasteiger partial charge is 0.497 e. The number of hydrogen-bond acceptors (Lipinski definition) is 5. The van der Waals surface area contributed by atoms with Crippen LogP contribution in [0, 0.1) is 5.92 Å². The van der Waals surface area contributed by atoms with Crippen LogP contribution in [0.15, 0.2) is 42.0 Å². The summed E-state index contributed by atoms with van der Waals surface area (Å²) in [5.41, 5.74) is 1.63. The number of methoxy groups -OCH3 is 1. The number of amides is 2. The van der Waals surface area contributed by atoms with Gasteiger partial charge in [-0.2, -0.15) is 0 Å². The maximum absolute atomic E-state index is 12.6. The maximum Gasteiger partial charge on any atom is 0.253 e. The van der Waals surface area contributed by atoms with Gasteiger partial charge in [0.15, 0.2) is 4.96 Å². The second-order valence-electron chi connectivity index (χ2n) is 7.16. The molecule has 0 aliphatic carbocycles. The summed E-state index contributed by atoms with van der Waals surface area (Å²) >= 11 is 1.60. The van der Waals surface area contributed by atoms with Crippen molar-refractivity contribution >= 4 is 28.1 Å². The molecule has 29 heavy (non-hydrogen) atoms. The van der Waals surface area contributed by atoms with Crippen LogP contribution < -0.4 is 10.1 Å². The van der Waals surface area contributed by atoms with E-state index in [1.54, 1.807) is 42.7 Å². The SMILES string of the molecule is COc1ccc(C(=O)N2CCC(C(=O)NCCc3cn4ccsc4n3)CC2)cc1. The van der Waals surface area contributed by atoms with Crippen LogP contribution in [0.25, 0.3) is 4.96 Å². The smallest absolute Gasteiger partial charge is 0.253 e. The lowest BCUT2D eigenvalue weighted by Crippen LogP contribution is -2.43. The topological polar surface area (TPSA) is 75.9 Å². The van der Waals surface area contributed by atoms with Crippen LogP contribution in [-0.4, -0.2) is 52.8 Å². The first-order valence-electron chi connectivity index (χ1n) is 9.76. The first kappa shape index (κ1) is 19.4. The van der Waals surface area contributed by atoms with Crippen LogP contribution >= 0.6 is 11.3 Å². The number of rotatable bonds is 6. The highest BCUT2D eigenvalue weighted by atomic mass is 32.1. The van der Waals surface area contributed by atoms with Gasteiger partial charge in [0.2, 0.25) is 5.91 Å². The number of carbonyl (C=O) groups excluding carboxylic acids is 2. The molecule has 3 aromatic rings. The highest BCUT2D eigenvalue weighted by molar-refractivity contribution is 7.15. The van der Waals surface area contributed by atoms with Gasteiger partial charge in [-0.1, -0.05) is 0 Å². The summed E-state index contributed by atoms with van der Waals surface area (Å²) in [5, 5.41) is 5.02. The van der Waals surface area contributed by atoms with E-state index in [1.807, 2.05) is 27.1 Å². The van der Waals surface area contributed by atoms with Gasteiger partial charge in [-0.3, -0.25) is 14.0 Å². The van der Waals surface area contributed by atoms with Gasteiger partial charge >= 0.3 is 0 Å². The lowest BCUT2D eigenvalue weighted by Gasteiger charge is -2.31. The molecule has 1 saturated heterocycles. The first-order valence-corrected chi connectivity index (χ1v) is 10.6. The molecule has 152 valence electrons. The number of thiazole rings is 1. The first-order chi connectivity index (χ1) is 14.1. The van der Waals surface area contributed by atoms with Crippen molar-refractivity contribution in [2.45, 2.75) is 19.3 Å². The normalized spacial score (nSPS) is 14.9. The lowest BCUT2D eigenvalue weighted by molar-refractivity contribution is -0.126. The average molecular weight is 413 g/mol. The predicted octanol–water partition coefficient (Wildman–Crippen LogP) is 2.62. The fourth-order valence-corrected chi connectivity index (χ4v) is 4.33. The molecule has 3 heterocycles. The van der Waals surface area contributed by atoms with E-state index >= 15 is 0 Å². The van der Waals surface area contributed by atoms with Crippen molar-refractivity contribution in [1.29, 1.82) is 0 Å². The number of aromatic nitrogens is 2. The third kappa shape index (κ3) is 4.42.